The maximum absolute atomic E-state index is 10.9. The van der Waals surface area contributed by atoms with Crippen molar-refractivity contribution in [2.24, 2.45) is 0 Å². The van der Waals surface area contributed by atoms with Gasteiger partial charge in [-0.3, -0.25) is 4.79 Å². The Morgan fingerprint density at radius 3 is 2.80 bits per heavy atom. The highest BCUT2D eigenvalue weighted by Crippen LogP contribution is 2.07. The summed E-state index contributed by atoms with van der Waals surface area (Å²) in [4.78, 5) is 10.9. The molecule has 0 aliphatic rings. The van der Waals surface area contributed by atoms with Crippen LogP contribution in [0.3, 0.4) is 0 Å². The maximum Gasteiger partial charge on any atom is 0.163 e. The number of ketones is 1. The molecule has 0 saturated carbocycles. The van der Waals surface area contributed by atoms with Gasteiger partial charge in [0.2, 0.25) is 0 Å². The third-order valence-corrected chi connectivity index (χ3v) is 1.85. The molecule has 10 heavy (non-hydrogen) atoms. The summed E-state index contributed by atoms with van der Waals surface area (Å²) in [6.07, 6.45) is 0.608. The van der Waals surface area contributed by atoms with Crippen LogP contribution in [0, 0.1) is 0 Å². The molecule has 1 aromatic heterocycles. The predicted octanol–water partition coefficient (Wildman–Crippen LogP) is 2.76. The zero-order valence-corrected chi connectivity index (χ0v) is 7.30. The van der Waals surface area contributed by atoms with Gasteiger partial charge in [-0.15, -0.1) is 12.4 Å². The van der Waals surface area contributed by atoms with Crippen LogP contribution in [0.4, 0.5) is 0 Å². The van der Waals surface area contributed by atoms with Crippen molar-refractivity contribution in [2.45, 2.75) is 13.3 Å². The number of hydrogen-bond donors (Lipinski definition) is 0. The van der Waals surface area contributed by atoms with Crippen molar-refractivity contribution in [3.8, 4) is 0 Å². The van der Waals surface area contributed by atoms with Crippen LogP contribution < -0.4 is 0 Å². The van der Waals surface area contributed by atoms with Crippen molar-refractivity contribution < 1.29 is 4.79 Å². The molecule has 56 valence electrons. The van der Waals surface area contributed by atoms with Crippen molar-refractivity contribution in [3.63, 3.8) is 0 Å². The van der Waals surface area contributed by atoms with Crippen LogP contribution in [0.15, 0.2) is 16.8 Å². The monoisotopic (exact) mass is 176 g/mol. The fraction of sp³-hybridized carbons (Fsp3) is 0.286. The van der Waals surface area contributed by atoms with Crippen LogP contribution in [0.2, 0.25) is 0 Å². The predicted molar refractivity (Wildman–Crippen MR) is 46.2 cm³/mol. The Hall–Kier alpha value is -0.340. The minimum Gasteiger partial charge on any atom is -0.294 e. The molecule has 0 aliphatic heterocycles. The summed E-state index contributed by atoms with van der Waals surface area (Å²) in [5.41, 5.74) is 0.850. The average Bonchev–Trinajstić information content (AvgIpc) is 2.37. The van der Waals surface area contributed by atoms with E-state index in [1.165, 1.54) is 0 Å². The quantitative estimate of drug-likeness (QED) is 0.634. The van der Waals surface area contributed by atoms with Crippen LogP contribution in [-0.2, 0) is 0 Å². The first-order chi connectivity index (χ1) is 4.34. The summed E-state index contributed by atoms with van der Waals surface area (Å²) < 4.78 is 0. The number of Topliss-reactive ketones (excluding diaryl/α,β-unsaturated/α-hetero) is 1. The van der Waals surface area contributed by atoms with Crippen LogP contribution in [0.25, 0.3) is 0 Å². The van der Waals surface area contributed by atoms with Gasteiger partial charge in [-0.2, -0.15) is 11.3 Å². The van der Waals surface area contributed by atoms with Crippen molar-refractivity contribution in [1.29, 1.82) is 0 Å². The second kappa shape index (κ2) is 4.47. The first kappa shape index (κ1) is 9.66. The Labute approximate surface area is 70.5 Å². The summed E-state index contributed by atoms with van der Waals surface area (Å²) >= 11 is 1.56. The van der Waals surface area contributed by atoms with Crippen molar-refractivity contribution in [2.75, 3.05) is 0 Å². The van der Waals surface area contributed by atoms with Gasteiger partial charge in [0.25, 0.3) is 0 Å². The molecule has 0 amide bonds. The topological polar surface area (TPSA) is 17.1 Å². The Kier molecular flexibility index (Phi) is 4.32. The van der Waals surface area contributed by atoms with Gasteiger partial charge in [0.05, 0.1) is 0 Å². The van der Waals surface area contributed by atoms with E-state index in [1.807, 2.05) is 23.8 Å². The summed E-state index contributed by atoms with van der Waals surface area (Å²) in [5, 5.41) is 3.80. The number of thiophene rings is 1. The summed E-state index contributed by atoms with van der Waals surface area (Å²) in [7, 11) is 0. The van der Waals surface area contributed by atoms with E-state index < -0.39 is 0 Å². The number of carbonyl (C=O) groups is 1. The molecule has 0 unspecified atom stereocenters. The summed E-state index contributed by atoms with van der Waals surface area (Å²) in [6.45, 7) is 1.88. The molecule has 0 radical (unpaired) electrons. The van der Waals surface area contributed by atoms with Gasteiger partial charge in [-0.05, 0) is 11.4 Å². The highest BCUT2D eigenvalue weighted by Gasteiger charge is 2.00. The molecule has 0 saturated heterocycles. The van der Waals surface area contributed by atoms with Crippen molar-refractivity contribution in [1.82, 2.24) is 0 Å². The van der Waals surface area contributed by atoms with Crippen LogP contribution in [0.1, 0.15) is 23.7 Å². The highest BCUT2D eigenvalue weighted by atomic mass is 35.5. The molecular formula is C7H9ClOS. The normalized spacial score (nSPS) is 8.50. The lowest BCUT2D eigenvalue weighted by molar-refractivity contribution is 0.0988. The minimum absolute atomic E-state index is 0. The largest absolute Gasteiger partial charge is 0.294 e. The fourth-order valence-electron chi connectivity index (χ4n) is 0.627. The van der Waals surface area contributed by atoms with E-state index >= 15 is 0 Å². The standard InChI is InChI=1S/C7H8OS.ClH/c1-2-7(8)6-3-4-9-5-6;/h3-5H,2H2,1H3;1H. The minimum atomic E-state index is 0. The van der Waals surface area contributed by atoms with E-state index in [0.29, 0.717) is 6.42 Å². The molecule has 0 N–H and O–H groups in total. The first-order valence-electron chi connectivity index (χ1n) is 2.90. The van der Waals surface area contributed by atoms with E-state index in [1.54, 1.807) is 11.3 Å². The second-order valence-electron chi connectivity index (χ2n) is 1.79. The average molecular weight is 177 g/mol. The van der Waals surface area contributed by atoms with E-state index in [-0.39, 0.29) is 18.2 Å². The Balaban J connectivity index is 0.000000810. The smallest absolute Gasteiger partial charge is 0.163 e. The zero-order valence-electron chi connectivity index (χ0n) is 5.66. The van der Waals surface area contributed by atoms with E-state index in [9.17, 15) is 4.79 Å². The third kappa shape index (κ3) is 2.12. The van der Waals surface area contributed by atoms with Gasteiger partial charge in [-0.1, -0.05) is 6.92 Å². The lowest BCUT2D eigenvalue weighted by atomic mass is 10.2. The Bertz CT molecular complexity index is 193. The second-order valence-corrected chi connectivity index (χ2v) is 2.57. The molecule has 1 aromatic rings. The molecule has 0 aliphatic carbocycles. The highest BCUT2D eigenvalue weighted by molar-refractivity contribution is 7.08. The van der Waals surface area contributed by atoms with Gasteiger partial charge in [-0.25, -0.2) is 0 Å². The molecule has 0 atom stereocenters. The molecule has 1 nitrogen and oxygen atoms in total. The fourth-order valence-corrected chi connectivity index (χ4v) is 1.29. The first-order valence-corrected chi connectivity index (χ1v) is 3.84. The lowest BCUT2D eigenvalue weighted by Gasteiger charge is -1.86. The van der Waals surface area contributed by atoms with Gasteiger partial charge < -0.3 is 0 Å². The molecule has 1 heterocycles. The summed E-state index contributed by atoms with van der Waals surface area (Å²) in [5.74, 6) is 0.233. The van der Waals surface area contributed by atoms with Gasteiger partial charge >= 0.3 is 0 Å². The zero-order chi connectivity index (χ0) is 6.69. The van der Waals surface area contributed by atoms with E-state index in [0.717, 1.165) is 5.56 Å². The molecular weight excluding hydrogens is 168 g/mol. The molecule has 0 aromatic carbocycles. The van der Waals surface area contributed by atoms with E-state index in [2.05, 4.69) is 0 Å². The SMILES string of the molecule is CCC(=O)c1ccsc1.Cl. The van der Waals surface area contributed by atoms with E-state index in [4.69, 9.17) is 0 Å². The van der Waals surface area contributed by atoms with Gasteiger partial charge in [0, 0.05) is 17.4 Å². The molecule has 0 bridgehead atoms. The van der Waals surface area contributed by atoms with Gasteiger partial charge in [0.15, 0.2) is 5.78 Å². The molecule has 1 rings (SSSR count). The third-order valence-electron chi connectivity index (χ3n) is 1.16. The summed E-state index contributed by atoms with van der Waals surface area (Å²) in [6, 6.07) is 1.86. The molecule has 3 heteroatoms. The lowest BCUT2D eigenvalue weighted by Crippen LogP contribution is -1.91. The maximum atomic E-state index is 10.9. The van der Waals surface area contributed by atoms with Gasteiger partial charge in [0.1, 0.15) is 0 Å². The van der Waals surface area contributed by atoms with Crippen LogP contribution >= 0.6 is 23.7 Å². The van der Waals surface area contributed by atoms with Crippen molar-refractivity contribution in [3.05, 3.63) is 22.4 Å². The van der Waals surface area contributed by atoms with Crippen LogP contribution in [-0.4, -0.2) is 5.78 Å². The number of hydrogen-bond acceptors (Lipinski definition) is 2. The Morgan fingerprint density at radius 2 is 2.40 bits per heavy atom. The number of carbonyl (C=O) groups excluding carboxylic acids is 1. The number of rotatable bonds is 2. The molecule has 0 fully saturated rings. The Morgan fingerprint density at radius 1 is 1.70 bits per heavy atom. The van der Waals surface area contributed by atoms with Crippen LogP contribution in [0.5, 0.6) is 0 Å². The molecule has 0 spiro atoms. The van der Waals surface area contributed by atoms with Crippen molar-refractivity contribution >= 4 is 29.5 Å². The number of halogens is 1.